The predicted molar refractivity (Wildman–Crippen MR) is 150 cm³/mol. The highest BCUT2D eigenvalue weighted by Gasteiger charge is 2.26. The van der Waals surface area contributed by atoms with E-state index in [9.17, 15) is 9.90 Å². The molecule has 1 unspecified atom stereocenters. The van der Waals surface area contributed by atoms with E-state index in [2.05, 4.69) is 58.3 Å². The lowest BCUT2D eigenvalue weighted by Crippen LogP contribution is -2.40. The van der Waals surface area contributed by atoms with Gasteiger partial charge in [-0.25, -0.2) is 0 Å². The molecule has 0 aliphatic carbocycles. The number of nitrogens with zero attached hydrogens (tertiary/aromatic N) is 2. The van der Waals surface area contributed by atoms with Gasteiger partial charge in [0.15, 0.2) is 0 Å². The molecule has 2 saturated heterocycles. The zero-order valence-electron chi connectivity index (χ0n) is 20.2. The SMILES string of the molecule is Cl.Cl.O=C(O)C1CCCN(CCCN2CCC(=C3c4ccccc4CSc4ccccc43)CC2)C1. The molecule has 2 aromatic carbocycles. The molecule has 3 aliphatic rings. The summed E-state index contributed by atoms with van der Waals surface area (Å²) in [6.07, 6.45) is 5.24. The minimum Gasteiger partial charge on any atom is -0.481 e. The standard InChI is InChI=1S/C28H34N2O2S.2ClH/c31-28(32)22-8-5-14-30(19-22)16-6-15-29-17-12-21(13-18-29)27-24-9-2-1-7-23(24)20-33-26-11-4-3-10-25(26)27;;/h1-4,7,9-11,22H,5-6,8,12-20H2,(H,31,32);2*1H. The smallest absolute Gasteiger partial charge is 0.307 e. The lowest BCUT2D eigenvalue weighted by Gasteiger charge is -2.33. The Labute approximate surface area is 226 Å². The summed E-state index contributed by atoms with van der Waals surface area (Å²) in [5.74, 6) is 0.234. The van der Waals surface area contributed by atoms with Crippen LogP contribution >= 0.6 is 36.6 Å². The van der Waals surface area contributed by atoms with Crippen molar-refractivity contribution < 1.29 is 9.90 Å². The number of carbonyl (C=O) groups is 1. The third kappa shape index (κ3) is 6.64. The number of thioether (sulfide) groups is 1. The number of fused-ring (bicyclic) bond motifs is 2. The van der Waals surface area contributed by atoms with Gasteiger partial charge in [-0.15, -0.1) is 36.6 Å². The van der Waals surface area contributed by atoms with Gasteiger partial charge in [0, 0.05) is 30.3 Å². The van der Waals surface area contributed by atoms with Gasteiger partial charge in [0.1, 0.15) is 0 Å². The number of hydrogen-bond donors (Lipinski definition) is 1. The monoisotopic (exact) mass is 534 g/mol. The first-order chi connectivity index (χ1) is 16.2. The molecule has 3 heterocycles. The molecule has 2 aromatic rings. The summed E-state index contributed by atoms with van der Waals surface area (Å²) in [6, 6.07) is 17.9. The molecule has 0 bridgehead atoms. The van der Waals surface area contributed by atoms with Crippen molar-refractivity contribution in [1.29, 1.82) is 0 Å². The maximum atomic E-state index is 11.3. The second kappa shape index (κ2) is 13.2. The fourth-order valence-electron chi connectivity index (χ4n) is 5.65. The van der Waals surface area contributed by atoms with Crippen molar-refractivity contribution in [3.63, 3.8) is 0 Å². The summed E-state index contributed by atoms with van der Waals surface area (Å²) < 4.78 is 0. The van der Waals surface area contributed by atoms with E-state index in [4.69, 9.17) is 0 Å². The van der Waals surface area contributed by atoms with Crippen LogP contribution in [-0.2, 0) is 10.5 Å². The first kappa shape index (κ1) is 28.1. The molecule has 5 rings (SSSR count). The minimum absolute atomic E-state index is 0. The highest BCUT2D eigenvalue weighted by Crippen LogP contribution is 2.43. The van der Waals surface area contributed by atoms with Crippen molar-refractivity contribution in [3.8, 4) is 0 Å². The van der Waals surface area contributed by atoms with Crippen LogP contribution in [0, 0.1) is 5.92 Å². The molecule has 2 fully saturated rings. The number of hydrogen-bond acceptors (Lipinski definition) is 4. The van der Waals surface area contributed by atoms with E-state index in [-0.39, 0.29) is 30.7 Å². The van der Waals surface area contributed by atoms with Gasteiger partial charge in [-0.1, -0.05) is 48.0 Å². The molecule has 7 heteroatoms. The van der Waals surface area contributed by atoms with Crippen molar-refractivity contribution in [1.82, 2.24) is 9.80 Å². The first-order valence-electron chi connectivity index (χ1n) is 12.4. The van der Waals surface area contributed by atoms with Gasteiger partial charge in [-0.3, -0.25) is 4.79 Å². The molecule has 0 saturated carbocycles. The molecule has 0 amide bonds. The number of aliphatic carboxylic acids is 1. The molecule has 1 atom stereocenters. The Morgan fingerprint density at radius 1 is 0.914 bits per heavy atom. The fourth-order valence-corrected chi connectivity index (χ4v) is 6.71. The Hall–Kier alpha value is -1.50. The summed E-state index contributed by atoms with van der Waals surface area (Å²) in [7, 11) is 0. The van der Waals surface area contributed by atoms with Crippen LogP contribution in [0.2, 0.25) is 0 Å². The van der Waals surface area contributed by atoms with E-state index in [1.165, 1.54) is 27.2 Å². The number of carboxylic acids is 1. The quantitative estimate of drug-likeness (QED) is 0.493. The molecule has 190 valence electrons. The molecule has 3 aliphatic heterocycles. The van der Waals surface area contributed by atoms with Crippen LogP contribution in [0.4, 0.5) is 0 Å². The van der Waals surface area contributed by atoms with E-state index in [0.717, 1.165) is 77.1 Å². The summed E-state index contributed by atoms with van der Waals surface area (Å²) >= 11 is 1.96. The average molecular weight is 536 g/mol. The lowest BCUT2D eigenvalue weighted by molar-refractivity contribution is -0.143. The van der Waals surface area contributed by atoms with Gasteiger partial charge in [0.25, 0.3) is 0 Å². The maximum Gasteiger partial charge on any atom is 0.307 e. The maximum absolute atomic E-state index is 11.3. The van der Waals surface area contributed by atoms with Crippen molar-refractivity contribution in [2.75, 3.05) is 39.3 Å². The van der Waals surface area contributed by atoms with Gasteiger partial charge in [0.2, 0.25) is 0 Å². The Kier molecular flexibility index (Phi) is 10.6. The van der Waals surface area contributed by atoms with Gasteiger partial charge >= 0.3 is 5.97 Å². The van der Waals surface area contributed by atoms with Crippen LogP contribution in [0.25, 0.3) is 5.57 Å². The second-order valence-corrected chi connectivity index (χ2v) is 10.6. The summed E-state index contributed by atoms with van der Waals surface area (Å²) in [6.45, 7) is 6.15. The molecule has 4 nitrogen and oxygen atoms in total. The van der Waals surface area contributed by atoms with Crippen LogP contribution in [-0.4, -0.2) is 60.1 Å². The van der Waals surface area contributed by atoms with Crippen LogP contribution in [0.15, 0.2) is 59.0 Å². The molecule has 35 heavy (non-hydrogen) atoms. The predicted octanol–water partition coefficient (Wildman–Crippen LogP) is 6.22. The Morgan fingerprint density at radius 3 is 2.37 bits per heavy atom. The molecule has 0 radical (unpaired) electrons. The summed E-state index contributed by atoms with van der Waals surface area (Å²) in [5.41, 5.74) is 7.38. The first-order valence-corrected chi connectivity index (χ1v) is 13.4. The number of benzene rings is 2. The van der Waals surface area contributed by atoms with E-state index >= 15 is 0 Å². The lowest BCUT2D eigenvalue weighted by atomic mass is 9.86. The van der Waals surface area contributed by atoms with Gasteiger partial charge in [-0.05, 0) is 80.1 Å². The molecular formula is C28H36Cl2N2O2S. The van der Waals surface area contributed by atoms with E-state index in [1.807, 2.05) is 11.8 Å². The van der Waals surface area contributed by atoms with Crippen LogP contribution in [0.3, 0.4) is 0 Å². The van der Waals surface area contributed by atoms with Crippen LogP contribution < -0.4 is 0 Å². The summed E-state index contributed by atoms with van der Waals surface area (Å²) in [5, 5.41) is 9.32. The summed E-state index contributed by atoms with van der Waals surface area (Å²) in [4.78, 5) is 17.7. The van der Waals surface area contributed by atoms with Gasteiger partial charge in [0.05, 0.1) is 5.92 Å². The Morgan fingerprint density at radius 2 is 1.60 bits per heavy atom. The van der Waals surface area contributed by atoms with Gasteiger partial charge in [-0.2, -0.15) is 0 Å². The fraction of sp³-hybridized carbons (Fsp3) is 0.464. The minimum atomic E-state index is -0.628. The second-order valence-electron chi connectivity index (χ2n) is 9.59. The van der Waals surface area contributed by atoms with E-state index in [0.29, 0.717) is 0 Å². The third-order valence-corrected chi connectivity index (χ3v) is 8.57. The van der Waals surface area contributed by atoms with Crippen LogP contribution in [0.5, 0.6) is 0 Å². The molecule has 0 aromatic heterocycles. The van der Waals surface area contributed by atoms with E-state index < -0.39 is 5.97 Å². The topological polar surface area (TPSA) is 43.8 Å². The van der Waals surface area contributed by atoms with Crippen molar-refractivity contribution in [3.05, 3.63) is 70.8 Å². The molecule has 0 spiro atoms. The Balaban J connectivity index is 0.00000171. The van der Waals surface area contributed by atoms with Crippen LogP contribution in [0.1, 0.15) is 48.8 Å². The number of likely N-dealkylation sites (tertiary alicyclic amines) is 2. The normalized spacial score (nSPS) is 20.6. The largest absolute Gasteiger partial charge is 0.481 e. The zero-order valence-corrected chi connectivity index (χ0v) is 22.6. The molecule has 1 N–H and O–H groups in total. The highest BCUT2D eigenvalue weighted by molar-refractivity contribution is 7.98. The van der Waals surface area contributed by atoms with Crippen molar-refractivity contribution in [2.24, 2.45) is 5.92 Å². The Bertz CT molecular complexity index is 986. The number of rotatable bonds is 5. The zero-order chi connectivity index (χ0) is 22.6. The number of carboxylic acid groups (broad SMARTS) is 1. The van der Waals surface area contributed by atoms with Gasteiger partial charge < -0.3 is 14.9 Å². The van der Waals surface area contributed by atoms with Crippen molar-refractivity contribution in [2.45, 2.75) is 42.8 Å². The van der Waals surface area contributed by atoms with Crippen molar-refractivity contribution >= 4 is 48.1 Å². The third-order valence-electron chi connectivity index (χ3n) is 7.44. The molecular weight excluding hydrogens is 499 g/mol. The van der Waals surface area contributed by atoms with E-state index in [1.54, 1.807) is 5.57 Å². The average Bonchev–Trinajstić information content (AvgIpc) is 3.02. The highest BCUT2D eigenvalue weighted by atomic mass is 35.5. The number of halogens is 2. The number of piperidine rings is 2.